The van der Waals surface area contributed by atoms with Crippen molar-refractivity contribution >= 4 is 0 Å². The van der Waals surface area contributed by atoms with Gasteiger partial charge in [-0.3, -0.25) is 4.90 Å². The van der Waals surface area contributed by atoms with Gasteiger partial charge >= 0.3 is 0 Å². The minimum atomic E-state index is 0.130. The van der Waals surface area contributed by atoms with Crippen LogP contribution in [0.3, 0.4) is 0 Å². The summed E-state index contributed by atoms with van der Waals surface area (Å²) in [6.45, 7) is 7.89. The van der Waals surface area contributed by atoms with Crippen molar-refractivity contribution in [3.8, 4) is 0 Å². The molecule has 0 radical (unpaired) electrons. The molecule has 2 heteroatoms. The highest BCUT2D eigenvalue weighted by atomic mass is 16.3. The molecule has 0 saturated carbocycles. The highest BCUT2D eigenvalue weighted by Crippen LogP contribution is 2.52. The van der Waals surface area contributed by atoms with Crippen LogP contribution in [-0.4, -0.2) is 28.6 Å². The quantitative estimate of drug-likeness (QED) is 0.725. The zero-order chi connectivity index (χ0) is 16.4. The summed E-state index contributed by atoms with van der Waals surface area (Å²) in [6.07, 6.45) is 19.2. The number of allylic oxidation sites excluding steroid dienone is 4. The van der Waals surface area contributed by atoms with Gasteiger partial charge in [-0.05, 0) is 69.2 Å². The average molecular weight is 313 g/mol. The lowest BCUT2D eigenvalue weighted by atomic mass is 9.68. The molecule has 3 aliphatic rings. The Bertz CT molecular complexity index is 556. The minimum Gasteiger partial charge on any atom is -0.508 e. The third kappa shape index (κ3) is 2.94. The van der Waals surface area contributed by atoms with Crippen LogP contribution in [0.5, 0.6) is 0 Å². The molecule has 23 heavy (non-hydrogen) atoms. The van der Waals surface area contributed by atoms with E-state index in [1.165, 1.54) is 31.3 Å². The Morgan fingerprint density at radius 3 is 2.83 bits per heavy atom. The molecule has 1 fully saturated rings. The van der Waals surface area contributed by atoms with Crippen LogP contribution in [0, 0.1) is 11.3 Å². The molecule has 3 rings (SSSR count). The minimum absolute atomic E-state index is 0.130. The van der Waals surface area contributed by atoms with Gasteiger partial charge in [-0.2, -0.15) is 0 Å². The second-order valence-corrected chi connectivity index (χ2v) is 7.55. The summed E-state index contributed by atoms with van der Waals surface area (Å²) in [5.41, 5.74) is 1.59. The number of nitrogens with zero attached hydrogens (tertiary/aromatic N) is 1. The van der Waals surface area contributed by atoms with Crippen LogP contribution in [-0.2, 0) is 0 Å². The smallest absolute Gasteiger partial charge is 0.111 e. The summed E-state index contributed by atoms with van der Waals surface area (Å²) < 4.78 is 0. The predicted molar refractivity (Wildman–Crippen MR) is 97.4 cm³/mol. The van der Waals surface area contributed by atoms with Gasteiger partial charge in [-0.1, -0.05) is 38.2 Å². The number of likely N-dealkylation sites (tertiary alicyclic amines) is 1. The lowest BCUT2D eigenvalue weighted by Gasteiger charge is -2.37. The number of aliphatic hydroxyl groups excluding tert-OH is 1. The molecule has 0 spiro atoms. The molecule has 0 aromatic carbocycles. The maximum atomic E-state index is 10.1. The molecule has 1 heterocycles. The maximum absolute atomic E-state index is 10.1. The summed E-state index contributed by atoms with van der Waals surface area (Å²) >= 11 is 0. The fourth-order valence-corrected chi connectivity index (χ4v) is 5.07. The third-order valence-electron chi connectivity index (χ3n) is 6.11. The van der Waals surface area contributed by atoms with Gasteiger partial charge in [0, 0.05) is 17.5 Å². The summed E-state index contributed by atoms with van der Waals surface area (Å²) in [7, 11) is 0. The second kappa shape index (κ2) is 6.68. The number of aliphatic hydroxyl groups is 1. The first-order chi connectivity index (χ1) is 11.1. The summed E-state index contributed by atoms with van der Waals surface area (Å²) in [6, 6.07) is 0.903. The molecule has 0 aromatic rings. The predicted octanol–water partition coefficient (Wildman–Crippen LogP) is 5.16. The number of hydrogen-bond acceptors (Lipinski definition) is 2. The van der Waals surface area contributed by atoms with Gasteiger partial charge in [-0.15, -0.1) is 0 Å². The Hall–Kier alpha value is -1.28. The molecule has 4 unspecified atom stereocenters. The summed E-state index contributed by atoms with van der Waals surface area (Å²) in [5, 5.41) is 10.1. The van der Waals surface area contributed by atoms with Gasteiger partial charge in [-0.25, -0.2) is 0 Å². The Morgan fingerprint density at radius 1 is 1.35 bits per heavy atom. The zero-order valence-corrected chi connectivity index (χ0v) is 14.8. The number of likely N-dealkylation sites (N-methyl/N-ethyl adjacent to an activating group) is 1. The Balaban J connectivity index is 1.97. The molecule has 1 N–H and O–H groups in total. The van der Waals surface area contributed by atoms with Crippen LogP contribution in [0.2, 0.25) is 0 Å². The first kappa shape index (κ1) is 16.6. The Morgan fingerprint density at radius 2 is 2.17 bits per heavy atom. The molecule has 126 valence electrons. The summed E-state index contributed by atoms with van der Waals surface area (Å²) in [5.74, 6) is 1.23. The van der Waals surface area contributed by atoms with E-state index in [-0.39, 0.29) is 5.41 Å². The van der Waals surface area contributed by atoms with E-state index in [0.717, 1.165) is 18.9 Å². The van der Waals surface area contributed by atoms with Crippen LogP contribution in [0.15, 0.2) is 47.8 Å². The second-order valence-electron chi connectivity index (χ2n) is 7.55. The van der Waals surface area contributed by atoms with Crippen molar-refractivity contribution in [1.29, 1.82) is 0 Å². The molecule has 4 atom stereocenters. The zero-order valence-electron chi connectivity index (χ0n) is 14.8. The van der Waals surface area contributed by atoms with Crippen molar-refractivity contribution in [3.63, 3.8) is 0 Å². The van der Waals surface area contributed by atoms with Crippen molar-refractivity contribution in [2.75, 3.05) is 6.54 Å². The molecule has 1 saturated heterocycles. The van der Waals surface area contributed by atoms with E-state index in [1.807, 2.05) is 6.08 Å². The molecular formula is C21H31NO. The van der Waals surface area contributed by atoms with Gasteiger partial charge in [0.05, 0.1) is 0 Å². The number of fused-ring (bicyclic) bond motifs is 1. The SMILES string of the molecule is CC=CC1N(CC)C2CC=C(O)C=C2C1(C)CC1CC=CCC1. The largest absolute Gasteiger partial charge is 0.508 e. The Labute approximate surface area is 141 Å². The van der Waals surface area contributed by atoms with Gasteiger partial charge < -0.3 is 5.11 Å². The molecule has 2 nitrogen and oxygen atoms in total. The fourth-order valence-electron chi connectivity index (χ4n) is 5.07. The maximum Gasteiger partial charge on any atom is 0.111 e. The summed E-state index contributed by atoms with van der Waals surface area (Å²) in [4.78, 5) is 2.63. The number of rotatable bonds is 4. The van der Waals surface area contributed by atoms with E-state index in [2.05, 4.69) is 56.1 Å². The van der Waals surface area contributed by atoms with E-state index >= 15 is 0 Å². The van der Waals surface area contributed by atoms with E-state index in [9.17, 15) is 5.11 Å². The molecule has 0 aromatic heterocycles. The molecule has 0 bridgehead atoms. The standard InChI is InChI=1S/C21H31NO/c1-4-9-20-21(3,15-16-10-7-6-8-11-16)18-14-17(23)12-13-19(18)22(20)5-2/h4,6-7,9,12,14,16,19-20,23H,5,8,10-11,13,15H2,1-3H3. The van der Waals surface area contributed by atoms with Crippen LogP contribution in [0.25, 0.3) is 0 Å². The topological polar surface area (TPSA) is 23.5 Å². The van der Waals surface area contributed by atoms with Gasteiger partial charge in [0.25, 0.3) is 0 Å². The van der Waals surface area contributed by atoms with Crippen molar-refractivity contribution in [3.05, 3.63) is 47.8 Å². The van der Waals surface area contributed by atoms with Gasteiger partial charge in [0.2, 0.25) is 0 Å². The lowest BCUT2D eigenvalue weighted by Crippen LogP contribution is -2.39. The van der Waals surface area contributed by atoms with Gasteiger partial charge in [0.1, 0.15) is 5.76 Å². The highest BCUT2D eigenvalue weighted by molar-refractivity contribution is 5.40. The molecule has 1 aliphatic heterocycles. The normalized spacial score (nSPS) is 37.8. The fraction of sp³-hybridized carbons (Fsp3) is 0.619. The van der Waals surface area contributed by atoms with E-state index in [4.69, 9.17) is 0 Å². The lowest BCUT2D eigenvalue weighted by molar-refractivity contribution is 0.168. The Kier molecular flexibility index (Phi) is 4.82. The van der Waals surface area contributed by atoms with Gasteiger partial charge in [0.15, 0.2) is 0 Å². The number of hydrogen-bond donors (Lipinski definition) is 1. The van der Waals surface area contributed by atoms with E-state index in [1.54, 1.807) is 0 Å². The first-order valence-electron chi connectivity index (χ1n) is 9.25. The molecule has 2 aliphatic carbocycles. The third-order valence-corrected chi connectivity index (χ3v) is 6.11. The van der Waals surface area contributed by atoms with Crippen molar-refractivity contribution < 1.29 is 5.11 Å². The van der Waals surface area contributed by atoms with E-state index < -0.39 is 0 Å². The average Bonchev–Trinajstić information content (AvgIpc) is 2.77. The molecular weight excluding hydrogens is 282 g/mol. The van der Waals surface area contributed by atoms with E-state index in [0.29, 0.717) is 17.8 Å². The first-order valence-corrected chi connectivity index (χ1v) is 9.25. The van der Waals surface area contributed by atoms with Crippen LogP contribution >= 0.6 is 0 Å². The van der Waals surface area contributed by atoms with Crippen LogP contribution in [0.4, 0.5) is 0 Å². The van der Waals surface area contributed by atoms with Crippen molar-refractivity contribution in [2.45, 2.75) is 65.0 Å². The van der Waals surface area contributed by atoms with Crippen molar-refractivity contribution in [2.24, 2.45) is 11.3 Å². The van der Waals surface area contributed by atoms with Crippen molar-refractivity contribution in [1.82, 2.24) is 4.90 Å². The van der Waals surface area contributed by atoms with Crippen LogP contribution in [0.1, 0.15) is 52.9 Å². The highest BCUT2D eigenvalue weighted by Gasteiger charge is 2.52. The van der Waals surface area contributed by atoms with Crippen LogP contribution < -0.4 is 0 Å². The monoisotopic (exact) mass is 313 g/mol. The molecule has 0 amide bonds.